The maximum atomic E-state index is 12.6. The first-order valence-corrected chi connectivity index (χ1v) is 9.66. The fourth-order valence-corrected chi connectivity index (χ4v) is 3.48. The molecule has 138 valence electrons. The maximum Gasteiger partial charge on any atom is 0.253 e. The zero-order valence-corrected chi connectivity index (χ0v) is 15.4. The third-order valence-corrected chi connectivity index (χ3v) is 5.11. The van der Waals surface area contributed by atoms with Crippen molar-refractivity contribution in [2.24, 2.45) is 0 Å². The van der Waals surface area contributed by atoms with Crippen LogP contribution in [0.15, 0.2) is 48.8 Å². The lowest BCUT2D eigenvalue weighted by Crippen LogP contribution is -2.49. The van der Waals surface area contributed by atoms with E-state index >= 15 is 0 Å². The summed E-state index contributed by atoms with van der Waals surface area (Å²) in [7, 11) is -2.70. The number of hydrogen-bond acceptors (Lipinski definition) is 5. The number of piperazine rings is 1. The lowest BCUT2D eigenvalue weighted by Gasteiger charge is -2.38. The van der Waals surface area contributed by atoms with Gasteiger partial charge in [-0.2, -0.15) is 0 Å². The lowest BCUT2D eigenvalue weighted by molar-refractivity contribution is 0.0582. The van der Waals surface area contributed by atoms with Gasteiger partial charge in [0.1, 0.15) is 0 Å². The Morgan fingerprint density at radius 3 is 2.38 bits per heavy atom. The van der Waals surface area contributed by atoms with Crippen molar-refractivity contribution in [3.05, 3.63) is 59.9 Å². The molecule has 0 aliphatic carbocycles. The van der Waals surface area contributed by atoms with Crippen LogP contribution in [0.2, 0.25) is 0 Å². The summed E-state index contributed by atoms with van der Waals surface area (Å²) in [6, 6.07) is 10.8. The van der Waals surface area contributed by atoms with E-state index in [1.54, 1.807) is 30.5 Å². The number of anilines is 1. The molecule has 1 aromatic heterocycles. The van der Waals surface area contributed by atoms with Gasteiger partial charge in [-0.15, -0.1) is 0 Å². The Bertz CT molecular complexity index is 808. The highest BCUT2D eigenvalue weighted by Gasteiger charge is 2.25. The summed E-state index contributed by atoms with van der Waals surface area (Å²) in [5.41, 5.74) is 2.19. The van der Waals surface area contributed by atoms with Crippen LogP contribution in [0, 0.1) is 0 Å². The minimum absolute atomic E-state index is 0.0308. The molecule has 8 heteroatoms. The number of nitrogens with one attached hydrogen (secondary N) is 1. The van der Waals surface area contributed by atoms with Gasteiger partial charge in [0.2, 0.25) is 10.9 Å². The second kappa shape index (κ2) is 8.29. The minimum Gasteiger partial charge on any atom is -0.336 e. The minimum atomic E-state index is -2.70. The normalized spacial score (nSPS) is 16.5. The Morgan fingerprint density at radius 1 is 1.12 bits per heavy atom. The van der Waals surface area contributed by atoms with Crippen molar-refractivity contribution in [2.75, 3.05) is 30.9 Å². The van der Waals surface area contributed by atoms with Crippen molar-refractivity contribution in [2.45, 2.75) is 13.0 Å². The van der Waals surface area contributed by atoms with Gasteiger partial charge in [-0.3, -0.25) is 19.4 Å². The molecule has 1 unspecified atom stereocenters. The molecule has 26 heavy (non-hydrogen) atoms. The van der Waals surface area contributed by atoms with Crippen molar-refractivity contribution >= 4 is 22.5 Å². The highest BCUT2D eigenvalue weighted by atomic mass is 32.2. The van der Waals surface area contributed by atoms with E-state index in [-0.39, 0.29) is 11.9 Å². The lowest BCUT2D eigenvalue weighted by atomic mass is 10.1. The van der Waals surface area contributed by atoms with E-state index in [9.17, 15) is 13.2 Å². The maximum absolute atomic E-state index is 12.6. The van der Waals surface area contributed by atoms with Gasteiger partial charge in [0.25, 0.3) is 5.91 Å². The molecule has 2 heterocycles. The molecule has 1 aliphatic rings. The van der Waals surface area contributed by atoms with Gasteiger partial charge < -0.3 is 4.90 Å². The van der Waals surface area contributed by atoms with Crippen LogP contribution >= 0.6 is 0 Å². The second-order valence-corrected chi connectivity index (χ2v) is 6.97. The summed E-state index contributed by atoms with van der Waals surface area (Å²) in [5, 5.41) is 0. The third-order valence-electron chi connectivity index (χ3n) is 4.67. The highest BCUT2D eigenvalue weighted by molar-refractivity contribution is 7.73. The zero-order valence-electron chi connectivity index (χ0n) is 14.5. The molecule has 1 amide bonds. The van der Waals surface area contributed by atoms with Crippen molar-refractivity contribution in [3.63, 3.8) is 0 Å². The van der Waals surface area contributed by atoms with Gasteiger partial charge >= 0.3 is 0 Å². The van der Waals surface area contributed by atoms with Crippen LogP contribution in [0.1, 0.15) is 28.9 Å². The number of nitrogens with zero attached hydrogens (tertiary/aromatic N) is 3. The SMILES string of the molecule is CC(c1cccnc1)N1CCN(C(=O)c2ccc(N[SH](=O)=O)cc2)CC1. The molecular weight excluding hydrogens is 352 g/mol. The van der Waals surface area contributed by atoms with E-state index in [0.29, 0.717) is 24.3 Å². The van der Waals surface area contributed by atoms with Gasteiger partial charge in [-0.05, 0) is 42.8 Å². The largest absolute Gasteiger partial charge is 0.336 e. The first-order chi connectivity index (χ1) is 12.5. The summed E-state index contributed by atoms with van der Waals surface area (Å²) in [6.07, 6.45) is 3.65. The van der Waals surface area contributed by atoms with Crippen LogP contribution < -0.4 is 4.72 Å². The average molecular weight is 374 g/mol. The van der Waals surface area contributed by atoms with Gasteiger partial charge in [0, 0.05) is 55.9 Å². The quantitative estimate of drug-likeness (QED) is 0.776. The topological polar surface area (TPSA) is 82.6 Å². The van der Waals surface area contributed by atoms with E-state index in [2.05, 4.69) is 27.6 Å². The molecule has 0 radical (unpaired) electrons. The van der Waals surface area contributed by atoms with Crippen LogP contribution in [-0.4, -0.2) is 55.3 Å². The van der Waals surface area contributed by atoms with Crippen molar-refractivity contribution < 1.29 is 13.2 Å². The molecule has 2 aromatic rings. The molecule has 0 spiro atoms. The molecular formula is C18H22N4O3S. The third kappa shape index (κ3) is 4.39. The number of benzene rings is 1. The number of amides is 1. The monoisotopic (exact) mass is 374 g/mol. The van der Waals surface area contributed by atoms with Gasteiger partial charge in [0.05, 0.1) is 0 Å². The van der Waals surface area contributed by atoms with Crippen molar-refractivity contribution in [1.82, 2.24) is 14.8 Å². The number of carbonyl (C=O) groups excluding carboxylic acids is 1. The van der Waals surface area contributed by atoms with E-state index < -0.39 is 10.9 Å². The van der Waals surface area contributed by atoms with E-state index in [0.717, 1.165) is 13.1 Å². The first kappa shape index (κ1) is 18.3. The fraction of sp³-hybridized carbons (Fsp3) is 0.333. The summed E-state index contributed by atoms with van der Waals surface area (Å²) in [4.78, 5) is 21.0. The number of rotatable bonds is 5. The molecule has 1 atom stereocenters. The molecule has 1 aromatic carbocycles. The number of thiol groups is 1. The molecule has 1 aliphatic heterocycles. The van der Waals surface area contributed by atoms with Gasteiger partial charge in [-0.25, -0.2) is 8.42 Å². The van der Waals surface area contributed by atoms with Crippen LogP contribution in [0.4, 0.5) is 5.69 Å². The Morgan fingerprint density at radius 2 is 1.81 bits per heavy atom. The average Bonchev–Trinajstić information content (AvgIpc) is 2.68. The van der Waals surface area contributed by atoms with Gasteiger partial charge in [-0.1, -0.05) is 6.07 Å². The Labute approximate surface area is 154 Å². The van der Waals surface area contributed by atoms with Crippen LogP contribution in [0.25, 0.3) is 0 Å². The Hall–Kier alpha value is -2.45. The number of hydrogen-bond donors (Lipinski definition) is 2. The van der Waals surface area contributed by atoms with Crippen molar-refractivity contribution in [1.29, 1.82) is 0 Å². The summed E-state index contributed by atoms with van der Waals surface area (Å²) in [6.45, 7) is 5.09. The predicted octanol–water partition coefficient (Wildman–Crippen LogP) is 1.54. The standard InChI is InChI=1S/C18H22N4O3S/c1-14(16-3-2-8-19-13-16)21-9-11-22(12-10-21)18(23)15-4-6-17(7-5-15)20-26(24)25/h2-8,13-14,26H,9-12H2,1H3,(H,20,24,25). The van der Waals surface area contributed by atoms with Crippen molar-refractivity contribution in [3.8, 4) is 0 Å². The van der Waals surface area contributed by atoms with E-state index in [4.69, 9.17) is 0 Å². The Balaban J connectivity index is 1.58. The highest BCUT2D eigenvalue weighted by Crippen LogP contribution is 2.21. The van der Waals surface area contributed by atoms with Crippen LogP contribution in [0.3, 0.4) is 0 Å². The van der Waals surface area contributed by atoms with Gasteiger partial charge in [0.15, 0.2) is 0 Å². The fourth-order valence-electron chi connectivity index (χ4n) is 3.12. The molecule has 0 bridgehead atoms. The molecule has 7 nitrogen and oxygen atoms in total. The smallest absolute Gasteiger partial charge is 0.253 e. The van der Waals surface area contributed by atoms with E-state index in [1.165, 1.54) is 5.56 Å². The molecule has 1 fully saturated rings. The van der Waals surface area contributed by atoms with E-state index in [1.807, 2.05) is 17.2 Å². The molecule has 1 N–H and O–H groups in total. The Kier molecular flexibility index (Phi) is 5.85. The first-order valence-electron chi connectivity index (χ1n) is 8.49. The summed E-state index contributed by atoms with van der Waals surface area (Å²) >= 11 is 0. The predicted molar refractivity (Wildman–Crippen MR) is 101 cm³/mol. The molecule has 3 rings (SSSR count). The van der Waals surface area contributed by atoms with Crippen LogP contribution in [-0.2, 0) is 10.9 Å². The molecule has 0 saturated carbocycles. The number of carbonyl (C=O) groups is 1. The number of pyridine rings is 1. The van der Waals surface area contributed by atoms with Crippen LogP contribution in [0.5, 0.6) is 0 Å². The summed E-state index contributed by atoms with van der Waals surface area (Å²) < 4.78 is 23.6. The number of aromatic nitrogens is 1. The summed E-state index contributed by atoms with van der Waals surface area (Å²) in [5.74, 6) is -0.0308. The second-order valence-electron chi connectivity index (χ2n) is 6.24. The zero-order chi connectivity index (χ0) is 18.5. The molecule has 1 saturated heterocycles.